The summed E-state index contributed by atoms with van der Waals surface area (Å²) in [7, 11) is 0. The van der Waals surface area contributed by atoms with Crippen molar-refractivity contribution in [3.63, 3.8) is 0 Å². The van der Waals surface area contributed by atoms with Gasteiger partial charge in [-0.3, -0.25) is 9.78 Å². The van der Waals surface area contributed by atoms with E-state index in [1.165, 1.54) is 6.20 Å². The molecular formula is C11H18N4OS. The highest BCUT2D eigenvalue weighted by atomic mass is 32.2. The van der Waals surface area contributed by atoms with E-state index in [9.17, 15) is 4.79 Å². The maximum Gasteiger partial charge on any atom is 0.271 e. The van der Waals surface area contributed by atoms with Crippen molar-refractivity contribution in [2.24, 2.45) is 0 Å². The lowest BCUT2D eigenvalue weighted by Crippen LogP contribution is -2.26. The molecule has 0 atom stereocenters. The summed E-state index contributed by atoms with van der Waals surface area (Å²) >= 11 is 1.77. The Kier molecular flexibility index (Phi) is 6.39. The van der Waals surface area contributed by atoms with Crippen LogP contribution >= 0.6 is 11.8 Å². The Labute approximate surface area is 106 Å². The highest BCUT2D eigenvalue weighted by molar-refractivity contribution is 7.98. The zero-order chi connectivity index (χ0) is 12.5. The number of carbonyl (C=O) groups excluding carboxylic acids is 1. The zero-order valence-corrected chi connectivity index (χ0v) is 11.0. The largest absolute Gasteiger partial charge is 0.369 e. The number of anilines is 1. The number of amides is 1. The molecule has 2 N–H and O–H groups in total. The molecule has 1 amide bonds. The van der Waals surface area contributed by atoms with Crippen molar-refractivity contribution >= 4 is 23.5 Å². The van der Waals surface area contributed by atoms with Gasteiger partial charge in [0.2, 0.25) is 0 Å². The van der Waals surface area contributed by atoms with Crippen LogP contribution in [0.3, 0.4) is 0 Å². The number of hydrogen-bond acceptors (Lipinski definition) is 5. The monoisotopic (exact) mass is 254 g/mol. The first-order valence-electron chi connectivity index (χ1n) is 5.61. The standard InChI is InChI=1S/C11H18N4OS/c1-3-13-10-8-12-7-9(15-10)11(16)14-5-4-6-17-2/h7-8H,3-6H2,1-2H3,(H,13,15)(H,14,16). The molecule has 0 aliphatic rings. The van der Waals surface area contributed by atoms with E-state index in [1.807, 2.05) is 13.2 Å². The fraction of sp³-hybridized carbons (Fsp3) is 0.545. The third-order valence-corrected chi connectivity index (χ3v) is 2.73. The molecule has 94 valence electrons. The fourth-order valence-electron chi connectivity index (χ4n) is 1.25. The second-order valence-electron chi connectivity index (χ2n) is 3.42. The van der Waals surface area contributed by atoms with Gasteiger partial charge in [-0.2, -0.15) is 11.8 Å². The number of aromatic nitrogens is 2. The van der Waals surface area contributed by atoms with Crippen molar-refractivity contribution in [1.29, 1.82) is 0 Å². The molecule has 0 spiro atoms. The van der Waals surface area contributed by atoms with Gasteiger partial charge in [-0.05, 0) is 25.4 Å². The molecule has 0 aliphatic heterocycles. The van der Waals surface area contributed by atoms with E-state index < -0.39 is 0 Å². The second kappa shape index (κ2) is 7.89. The molecule has 6 heteroatoms. The maximum atomic E-state index is 11.7. The Morgan fingerprint density at radius 1 is 1.47 bits per heavy atom. The van der Waals surface area contributed by atoms with E-state index in [1.54, 1.807) is 18.0 Å². The summed E-state index contributed by atoms with van der Waals surface area (Å²) in [6.45, 7) is 3.40. The van der Waals surface area contributed by atoms with Crippen LogP contribution in [-0.2, 0) is 0 Å². The molecular weight excluding hydrogens is 236 g/mol. The Balaban J connectivity index is 2.47. The van der Waals surface area contributed by atoms with Crippen molar-refractivity contribution in [1.82, 2.24) is 15.3 Å². The Bertz CT molecular complexity index is 359. The van der Waals surface area contributed by atoms with E-state index in [-0.39, 0.29) is 5.91 Å². The summed E-state index contributed by atoms with van der Waals surface area (Å²) in [6, 6.07) is 0. The van der Waals surface area contributed by atoms with Gasteiger partial charge in [0.1, 0.15) is 11.5 Å². The van der Waals surface area contributed by atoms with Gasteiger partial charge in [0, 0.05) is 13.1 Å². The van der Waals surface area contributed by atoms with Gasteiger partial charge in [0.25, 0.3) is 5.91 Å². The second-order valence-corrected chi connectivity index (χ2v) is 4.41. The van der Waals surface area contributed by atoms with Crippen LogP contribution in [0.1, 0.15) is 23.8 Å². The zero-order valence-electron chi connectivity index (χ0n) is 10.2. The maximum absolute atomic E-state index is 11.7. The van der Waals surface area contributed by atoms with Crippen LogP contribution in [-0.4, -0.2) is 41.0 Å². The molecule has 1 rings (SSSR count). The first kappa shape index (κ1) is 13.8. The molecule has 0 saturated heterocycles. The molecule has 1 heterocycles. The lowest BCUT2D eigenvalue weighted by molar-refractivity contribution is 0.0948. The van der Waals surface area contributed by atoms with Gasteiger partial charge in [-0.15, -0.1) is 0 Å². The quantitative estimate of drug-likeness (QED) is 0.720. The SMILES string of the molecule is CCNc1cncc(C(=O)NCCCSC)n1. The van der Waals surface area contributed by atoms with Crippen LogP contribution < -0.4 is 10.6 Å². The van der Waals surface area contributed by atoms with Crippen LogP contribution in [0.25, 0.3) is 0 Å². The minimum atomic E-state index is -0.168. The van der Waals surface area contributed by atoms with E-state index in [0.29, 0.717) is 18.1 Å². The van der Waals surface area contributed by atoms with Gasteiger partial charge in [-0.25, -0.2) is 4.98 Å². The number of nitrogens with zero attached hydrogens (tertiary/aromatic N) is 2. The lowest BCUT2D eigenvalue weighted by atomic mass is 10.4. The van der Waals surface area contributed by atoms with Crippen LogP contribution in [0, 0.1) is 0 Å². The Hall–Kier alpha value is -1.30. The van der Waals surface area contributed by atoms with Crippen molar-refractivity contribution < 1.29 is 4.79 Å². The Morgan fingerprint density at radius 2 is 2.29 bits per heavy atom. The number of rotatable bonds is 7. The van der Waals surface area contributed by atoms with Gasteiger partial charge < -0.3 is 10.6 Å². The fourth-order valence-corrected chi connectivity index (χ4v) is 1.68. The highest BCUT2D eigenvalue weighted by Crippen LogP contribution is 2.01. The molecule has 17 heavy (non-hydrogen) atoms. The summed E-state index contributed by atoms with van der Waals surface area (Å²) in [5.41, 5.74) is 0.354. The first-order valence-corrected chi connectivity index (χ1v) is 7.00. The van der Waals surface area contributed by atoms with Crippen LogP contribution in [0.4, 0.5) is 5.82 Å². The normalized spacial score (nSPS) is 10.0. The summed E-state index contributed by atoms with van der Waals surface area (Å²) in [5.74, 6) is 1.51. The summed E-state index contributed by atoms with van der Waals surface area (Å²) in [6.07, 6.45) is 6.10. The molecule has 5 nitrogen and oxygen atoms in total. The predicted octanol–water partition coefficient (Wildman–Crippen LogP) is 1.39. The molecule has 0 fully saturated rings. The highest BCUT2D eigenvalue weighted by Gasteiger charge is 2.07. The molecule has 0 aliphatic carbocycles. The van der Waals surface area contributed by atoms with Crippen molar-refractivity contribution in [3.8, 4) is 0 Å². The molecule has 0 bridgehead atoms. The molecule has 0 saturated carbocycles. The summed E-state index contributed by atoms with van der Waals surface area (Å²) in [4.78, 5) is 19.9. The summed E-state index contributed by atoms with van der Waals surface area (Å²) in [5, 5.41) is 5.84. The minimum absolute atomic E-state index is 0.168. The first-order chi connectivity index (χ1) is 8.27. The molecule has 0 aromatic carbocycles. The number of hydrogen-bond donors (Lipinski definition) is 2. The smallest absolute Gasteiger partial charge is 0.271 e. The number of thioether (sulfide) groups is 1. The van der Waals surface area contributed by atoms with Crippen molar-refractivity contribution in [2.45, 2.75) is 13.3 Å². The van der Waals surface area contributed by atoms with E-state index >= 15 is 0 Å². The van der Waals surface area contributed by atoms with Gasteiger partial charge >= 0.3 is 0 Å². The average molecular weight is 254 g/mol. The lowest BCUT2D eigenvalue weighted by Gasteiger charge is -2.05. The average Bonchev–Trinajstić information content (AvgIpc) is 2.35. The third kappa shape index (κ3) is 5.04. The van der Waals surface area contributed by atoms with Crippen molar-refractivity contribution in [3.05, 3.63) is 18.1 Å². The van der Waals surface area contributed by atoms with Gasteiger partial charge in [-0.1, -0.05) is 0 Å². The van der Waals surface area contributed by atoms with Crippen molar-refractivity contribution in [2.75, 3.05) is 30.4 Å². The molecule has 1 aromatic rings. The van der Waals surface area contributed by atoms with Gasteiger partial charge in [0.05, 0.1) is 12.4 Å². The Morgan fingerprint density at radius 3 is 3.00 bits per heavy atom. The molecule has 1 aromatic heterocycles. The van der Waals surface area contributed by atoms with Crippen LogP contribution in [0.5, 0.6) is 0 Å². The van der Waals surface area contributed by atoms with E-state index in [4.69, 9.17) is 0 Å². The number of nitrogens with one attached hydrogen (secondary N) is 2. The van der Waals surface area contributed by atoms with E-state index in [0.717, 1.165) is 18.7 Å². The minimum Gasteiger partial charge on any atom is -0.369 e. The summed E-state index contributed by atoms with van der Waals surface area (Å²) < 4.78 is 0. The van der Waals surface area contributed by atoms with E-state index in [2.05, 4.69) is 20.6 Å². The third-order valence-electron chi connectivity index (χ3n) is 2.04. The molecule has 0 unspecified atom stereocenters. The number of carbonyl (C=O) groups is 1. The van der Waals surface area contributed by atoms with Crippen LogP contribution in [0.15, 0.2) is 12.4 Å². The molecule has 0 radical (unpaired) electrons. The van der Waals surface area contributed by atoms with Crippen LogP contribution in [0.2, 0.25) is 0 Å². The predicted molar refractivity (Wildman–Crippen MR) is 71.5 cm³/mol. The van der Waals surface area contributed by atoms with Gasteiger partial charge in [0.15, 0.2) is 0 Å². The topological polar surface area (TPSA) is 66.9 Å².